The summed E-state index contributed by atoms with van der Waals surface area (Å²) in [6.45, 7) is 0.928. The van der Waals surface area contributed by atoms with Crippen molar-refractivity contribution in [3.05, 3.63) is 65.2 Å². The van der Waals surface area contributed by atoms with Gasteiger partial charge in [0.1, 0.15) is 17.2 Å². The van der Waals surface area contributed by atoms with Crippen LogP contribution in [-0.2, 0) is 20.7 Å². The van der Waals surface area contributed by atoms with E-state index in [0.717, 1.165) is 35.1 Å². The third-order valence-electron chi connectivity index (χ3n) is 3.97. The molecule has 0 bridgehead atoms. The van der Waals surface area contributed by atoms with E-state index < -0.39 is 41.6 Å². The number of carbonyl (C=O) groups is 3. The Balaban J connectivity index is 1.88. The predicted octanol–water partition coefficient (Wildman–Crippen LogP) is 2.78. The van der Waals surface area contributed by atoms with E-state index in [1.165, 1.54) is 7.05 Å². The number of halogens is 2. The van der Waals surface area contributed by atoms with Crippen LogP contribution in [0.1, 0.15) is 22.8 Å². The van der Waals surface area contributed by atoms with Crippen LogP contribution in [0.3, 0.4) is 0 Å². The predicted molar refractivity (Wildman–Crippen MR) is 98.7 cm³/mol. The molecule has 0 heterocycles. The number of aryl methyl sites for hydroxylation is 1. The quantitative estimate of drug-likeness (QED) is 0.738. The lowest BCUT2D eigenvalue weighted by Crippen LogP contribution is -2.37. The molecular weight excluding hydrogens is 370 g/mol. The van der Waals surface area contributed by atoms with Crippen LogP contribution in [0.5, 0.6) is 0 Å². The van der Waals surface area contributed by atoms with Crippen molar-refractivity contribution >= 4 is 23.5 Å². The van der Waals surface area contributed by atoms with E-state index >= 15 is 0 Å². The van der Waals surface area contributed by atoms with Gasteiger partial charge in [-0.15, -0.1) is 0 Å². The molecular formula is C20H20F2N2O4. The Kier molecular flexibility index (Phi) is 7.20. The van der Waals surface area contributed by atoms with Crippen LogP contribution in [0.2, 0.25) is 0 Å². The van der Waals surface area contributed by atoms with E-state index in [1.807, 2.05) is 19.1 Å². The Morgan fingerprint density at radius 1 is 1.04 bits per heavy atom. The highest BCUT2D eigenvalue weighted by molar-refractivity contribution is 5.96. The summed E-state index contributed by atoms with van der Waals surface area (Å²) < 4.78 is 31.7. The van der Waals surface area contributed by atoms with Crippen LogP contribution in [0.4, 0.5) is 14.5 Å². The summed E-state index contributed by atoms with van der Waals surface area (Å²) in [5.41, 5.74) is 0.731. The van der Waals surface area contributed by atoms with Crippen LogP contribution in [0, 0.1) is 11.6 Å². The van der Waals surface area contributed by atoms with Crippen LogP contribution in [0.25, 0.3) is 0 Å². The maximum absolute atomic E-state index is 13.5. The summed E-state index contributed by atoms with van der Waals surface area (Å²) in [4.78, 5) is 37.0. The molecule has 0 saturated carbocycles. The summed E-state index contributed by atoms with van der Waals surface area (Å²) in [6, 6.07) is 10.2. The van der Waals surface area contributed by atoms with Gasteiger partial charge in [0.05, 0.1) is 6.54 Å². The SMILES string of the molecule is CCc1ccccc1NC(=O)CN(C)C(=O)COC(=O)c1c(F)cccc1F. The van der Waals surface area contributed by atoms with Crippen molar-refractivity contribution in [3.8, 4) is 0 Å². The van der Waals surface area contributed by atoms with E-state index in [4.69, 9.17) is 0 Å². The lowest BCUT2D eigenvalue weighted by Gasteiger charge is -2.17. The molecule has 1 N–H and O–H groups in total. The van der Waals surface area contributed by atoms with Crippen molar-refractivity contribution in [1.82, 2.24) is 4.90 Å². The first-order valence-corrected chi connectivity index (χ1v) is 8.56. The number of nitrogens with zero attached hydrogens (tertiary/aromatic N) is 1. The van der Waals surface area contributed by atoms with Gasteiger partial charge >= 0.3 is 5.97 Å². The van der Waals surface area contributed by atoms with Crippen molar-refractivity contribution in [1.29, 1.82) is 0 Å². The number of esters is 1. The number of para-hydroxylation sites is 1. The molecule has 0 aliphatic heterocycles. The maximum atomic E-state index is 13.5. The van der Waals surface area contributed by atoms with Crippen molar-refractivity contribution in [2.45, 2.75) is 13.3 Å². The van der Waals surface area contributed by atoms with Gasteiger partial charge in [-0.25, -0.2) is 13.6 Å². The largest absolute Gasteiger partial charge is 0.452 e. The number of carbonyl (C=O) groups excluding carboxylic acids is 3. The maximum Gasteiger partial charge on any atom is 0.344 e. The standard InChI is InChI=1S/C20H20F2N2O4/c1-3-13-7-4-5-10-16(13)23-17(25)11-24(2)18(26)12-28-20(27)19-14(21)8-6-9-15(19)22/h4-10H,3,11-12H2,1-2H3,(H,23,25). The van der Waals surface area contributed by atoms with Crippen LogP contribution in [0.15, 0.2) is 42.5 Å². The number of likely N-dealkylation sites (N-methyl/N-ethyl adjacent to an activating group) is 1. The van der Waals surface area contributed by atoms with Gasteiger partial charge in [-0.3, -0.25) is 9.59 Å². The number of hydrogen-bond acceptors (Lipinski definition) is 4. The van der Waals surface area contributed by atoms with Crippen molar-refractivity contribution in [2.75, 3.05) is 25.5 Å². The Bertz CT molecular complexity index is 866. The molecule has 28 heavy (non-hydrogen) atoms. The van der Waals surface area contributed by atoms with Gasteiger partial charge < -0.3 is 15.0 Å². The Hall–Kier alpha value is -3.29. The summed E-state index contributed by atoms with van der Waals surface area (Å²) >= 11 is 0. The lowest BCUT2D eigenvalue weighted by molar-refractivity contribution is -0.136. The number of ether oxygens (including phenoxy) is 1. The van der Waals surface area contributed by atoms with Crippen molar-refractivity contribution in [3.63, 3.8) is 0 Å². The second-order valence-electron chi connectivity index (χ2n) is 5.98. The van der Waals surface area contributed by atoms with Gasteiger partial charge in [0, 0.05) is 12.7 Å². The molecule has 2 aromatic carbocycles. The average molecular weight is 390 g/mol. The Morgan fingerprint density at radius 2 is 1.68 bits per heavy atom. The van der Waals surface area contributed by atoms with E-state index in [-0.39, 0.29) is 6.54 Å². The highest BCUT2D eigenvalue weighted by Crippen LogP contribution is 2.15. The molecule has 2 rings (SSSR count). The highest BCUT2D eigenvalue weighted by Gasteiger charge is 2.21. The number of rotatable bonds is 7. The third-order valence-corrected chi connectivity index (χ3v) is 3.97. The minimum absolute atomic E-state index is 0.275. The molecule has 0 spiro atoms. The van der Waals surface area contributed by atoms with Gasteiger partial charge in [0.2, 0.25) is 5.91 Å². The zero-order valence-corrected chi connectivity index (χ0v) is 15.5. The Morgan fingerprint density at radius 3 is 2.32 bits per heavy atom. The first-order valence-electron chi connectivity index (χ1n) is 8.56. The lowest BCUT2D eigenvalue weighted by atomic mass is 10.1. The minimum Gasteiger partial charge on any atom is -0.452 e. The van der Waals surface area contributed by atoms with E-state index in [0.29, 0.717) is 5.69 Å². The van der Waals surface area contributed by atoms with Crippen molar-refractivity contribution < 1.29 is 27.9 Å². The van der Waals surface area contributed by atoms with Crippen molar-refractivity contribution in [2.24, 2.45) is 0 Å². The first kappa shape index (κ1) is 21.0. The second kappa shape index (κ2) is 9.59. The fraction of sp³-hybridized carbons (Fsp3) is 0.250. The molecule has 2 aromatic rings. The molecule has 148 valence electrons. The topological polar surface area (TPSA) is 75.7 Å². The molecule has 0 aromatic heterocycles. The summed E-state index contributed by atoms with van der Waals surface area (Å²) in [6.07, 6.45) is 0.730. The highest BCUT2D eigenvalue weighted by atomic mass is 19.1. The molecule has 2 amide bonds. The third kappa shape index (κ3) is 5.35. The monoisotopic (exact) mass is 390 g/mol. The average Bonchev–Trinajstić information content (AvgIpc) is 2.66. The van der Waals surface area contributed by atoms with Crippen LogP contribution >= 0.6 is 0 Å². The Labute approximate surface area is 161 Å². The molecule has 0 unspecified atom stereocenters. The van der Waals surface area contributed by atoms with Gasteiger partial charge in [0.25, 0.3) is 5.91 Å². The first-order chi connectivity index (χ1) is 13.3. The summed E-state index contributed by atoms with van der Waals surface area (Å²) in [5, 5.41) is 2.71. The molecule has 0 aliphatic carbocycles. The van der Waals surface area contributed by atoms with Crippen LogP contribution in [-0.4, -0.2) is 42.9 Å². The zero-order valence-electron chi connectivity index (χ0n) is 15.5. The minimum atomic E-state index is -1.29. The van der Waals surface area contributed by atoms with Gasteiger partial charge in [-0.05, 0) is 30.2 Å². The number of anilines is 1. The summed E-state index contributed by atoms with van der Waals surface area (Å²) in [5.74, 6) is -4.58. The molecule has 6 nitrogen and oxygen atoms in total. The molecule has 0 saturated heterocycles. The second-order valence-corrected chi connectivity index (χ2v) is 5.98. The number of benzene rings is 2. The van der Waals surface area contributed by atoms with Gasteiger partial charge in [-0.1, -0.05) is 31.2 Å². The van der Waals surface area contributed by atoms with Crippen LogP contribution < -0.4 is 5.32 Å². The summed E-state index contributed by atoms with van der Waals surface area (Å²) in [7, 11) is 1.35. The van der Waals surface area contributed by atoms with E-state index in [9.17, 15) is 23.2 Å². The molecule has 0 atom stereocenters. The number of amides is 2. The smallest absolute Gasteiger partial charge is 0.344 e. The van der Waals surface area contributed by atoms with Gasteiger partial charge in [-0.2, -0.15) is 0 Å². The fourth-order valence-electron chi connectivity index (χ4n) is 2.45. The molecule has 8 heteroatoms. The normalized spacial score (nSPS) is 10.3. The molecule has 0 fully saturated rings. The molecule has 0 aliphatic rings. The zero-order chi connectivity index (χ0) is 20.7. The van der Waals surface area contributed by atoms with Gasteiger partial charge in [0.15, 0.2) is 6.61 Å². The molecule has 0 radical (unpaired) electrons. The van der Waals surface area contributed by atoms with E-state index in [2.05, 4.69) is 10.1 Å². The number of hydrogen-bond donors (Lipinski definition) is 1. The van der Waals surface area contributed by atoms with E-state index in [1.54, 1.807) is 12.1 Å². The number of nitrogens with one attached hydrogen (secondary N) is 1. The fourth-order valence-corrected chi connectivity index (χ4v) is 2.45.